The lowest BCUT2D eigenvalue weighted by molar-refractivity contribution is -0.385. The second-order valence-electron chi connectivity index (χ2n) is 5.90. The van der Waals surface area contributed by atoms with Crippen LogP contribution < -0.4 is 11.1 Å². The van der Waals surface area contributed by atoms with Crippen LogP contribution in [0.5, 0.6) is 0 Å². The number of aliphatic hydroxyl groups is 1. The van der Waals surface area contributed by atoms with Gasteiger partial charge in [-0.25, -0.2) is 0 Å². The van der Waals surface area contributed by atoms with E-state index in [1.54, 1.807) is 6.92 Å². The number of carbonyl (C=O) groups is 1. The lowest BCUT2D eigenvalue weighted by Gasteiger charge is -2.26. The molecular weight excluding hydrogens is 274 g/mol. The first-order valence-electron chi connectivity index (χ1n) is 6.63. The van der Waals surface area contributed by atoms with Gasteiger partial charge in [-0.05, 0) is 24.8 Å². The maximum Gasteiger partial charge on any atom is 0.284 e. The number of amides is 1. The molecule has 7 heteroatoms. The Kier molecular flexibility index (Phi) is 5.26. The van der Waals surface area contributed by atoms with E-state index >= 15 is 0 Å². The Morgan fingerprint density at radius 3 is 2.67 bits per heavy atom. The maximum absolute atomic E-state index is 12.2. The fourth-order valence-electron chi connectivity index (χ4n) is 2.24. The van der Waals surface area contributed by atoms with Crippen molar-refractivity contribution in [2.24, 2.45) is 5.41 Å². The summed E-state index contributed by atoms with van der Waals surface area (Å²) < 4.78 is 0. The van der Waals surface area contributed by atoms with Crippen LogP contribution >= 0.6 is 0 Å². The quantitative estimate of drug-likeness (QED) is 0.419. The molecule has 7 nitrogen and oxygen atoms in total. The van der Waals surface area contributed by atoms with E-state index in [0.717, 1.165) is 0 Å². The van der Waals surface area contributed by atoms with Crippen LogP contribution in [0, 0.1) is 15.5 Å². The topological polar surface area (TPSA) is 118 Å². The molecule has 0 aliphatic heterocycles. The molecule has 0 spiro atoms. The minimum absolute atomic E-state index is 0.0648. The minimum Gasteiger partial charge on any atom is -0.398 e. The second kappa shape index (κ2) is 6.53. The number of aliphatic hydroxyl groups excluding tert-OH is 1. The van der Waals surface area contributed by atoms with Crippen molar-refractivity contribution in [2.45, 2.75) is 33.3 Å². The molecule has 1 aromatic rings. The summed E-state index contributed by atoms with van der Waals surface area (Å²) >= 11 is 0. The normalized spacial score (nSPS) is 12.8. The highest BCUT2D eigenvalue weighted by atomic mass is 16.6. The average molecular weight is 295 g/mol. The van der Waals surface area contributed by atoms with Gasteiger partial charge >= 0.3 is 0 Å². The summed E-state index contributed by atoms with van der Waals surface area (Å²) in [5, 5.41) is 23.0. The number of hydrogen-bond acceptors (Lipinski definition) is 5. The average Bonchev–Trinajstić information content (AvgIpc) is 2.34. The molecule has 1 atom stereocenters. The molecule has 1 rings (SSSR count). The number of rotatable bonds is 6. The van der Waals surface area contributed by atoms with Gasteiger partial charge in [-0.1, -0.05) is 19.9 Å². The summed E-state index contributed by atoms with van der Waals surface area (Å²) in [7, 11) is 0. The molecule has 1 unspecified atom stereocenters. The smallest absolute Gasteiger partial charge is 0.284 e. The zero-order valence-corrected chi connectivity index (χ0v) is 12.4. The van der Waals surface area contributed by atoms with E-state index in [4.69, 9.17) is 5.73 Å². The van der Waals surface area contributed by atoms with Crippen LogP contribution in [0.3, 0.4) is 0 Å². The number of nitro groups is 1. The molecule has 0 heterocycles. The summed E-state index contributed by atoms with van der Waals surface area (Å²) in [5.41, 5.74) is 4.96. The monoisotopic (exact) mass is 295 g/mol. The van der Waals surface area contributed by atoms with E-state index in [-0.39, 0.29) is 28.9 Å². The Morgan fingerprint density at radius 1 is 1.52 bits per heavy atom. The lowest BCUT2D eigenvalue weighted by atomic mass is 9.87. The van der Waals surface area contributed by atoms with Gasteiger partial charge in [0.1, 0.15) is 5.56 Å². The second-order valence-corrected chi connectivity index (χ2v) is 5.90. The zero-order chi connectivity index (χ0) is 16.2. The molecule has 0 aliphatic carbocycles. The summed E-state index contributed by atoms with van der Waals surface area (Å²) in [6, 6.07) is 4.12. The SMILES string of the molecule is CC(O)CC(C)(C)CNC(=O)c1c(N)cccc1[N+](=O)[O-]. The molecule has 0 saturated carbocycles. The van der Waals surface area contributed by atoms with Gasteiger partial charge < -0.3 is 16.2 Å². The Morgan fingerprint density at radius 2 is 2.14 bits per heavy atom. The van der Waals surface area contributed by atoms with Crippen LogP contribution in [0.2, 0.25) is 0 Å². The van der Waals surface area contributed by atoms with E-state index in [9.17, 15) is 20.0 Å². The molecule has 0 radical (unpaired) electrons. The van der Waals surface area contributed by atoms with Gasteiger partial charge in [-0.15, -0.1) is 0 Å². The molecule has 21 heavy (non-hydrogen) atoms. The van der Waals surface area contributed by atoms with Crippen LogP contribution in [-0.2, 0) is 0 Å². The highest BCUT2D eigenvalue weighted by Gasteiger charge is 2.26. The summed E-state index contributed by atoms with van der Waals surface area (Å²) in [6.45, 7) is 5.73. The van der Waals surface area contributed by atoms with Crippen LogP contribution in [-0.4, -0.2) is 28.6 Å². The third-order valence-electron chi connectivity index (χ3n) is 3.07. The highest BCUT2D eigenvalue weighted by molar-refractivity contribution is 6.03. The van der Waals surface area contributed by atoms with Crippen molar-refractivity contribution in [3.8, 4) is 0 Å². The van der Waals surface area contributed by atoms with E-state index in [1.807, 2.05) is 13.8 Å². The van der Waals surface area contributed by atoms with Gasteiger partial charge in [0.2, 0.25) is 0 Å². The van der Waals surface area contributed by atoms with Crippen LogP contribution in [0.4, 0.5) is 11.4 Å². The maximum atomic E-state index is 12.2. The van der Waals surface area contributed by atoms with Gasteiger partial charge in [-0.2, -0.15) is 0 Å². The van der Waals surface area contributed by atoms with E-state index in [2.05, 4.69) is 5.32 Å². The van der Waals surface area contributed by atoms with Crippen molar-refractivity contribution in [3.63, 3.8) is 0 Å². The molecule has 1 aromatic carbocycles. The first-order valence-corrected chi connectivity index (χ1v) is 6.63. The van der Waals surface area contributed by atoms with E-state index in [0.29, 0.717) is 6.42 Å². The molecule has 0 saturated heterocycles. The number of nitrogens with zero attached hydrogens (tertiary/aromatic N) is 1. The standard InChI is InChI=1S/C14H21N3O4/c1-9(18)7-14(2,3)8-16-13(19)12-10(15)5-4-6-11(12)17(20)21/h4-6,9,18H,7-8,15H2,1-3H3,(H,16,19). The first kappa shape index (κ1) is 16.9. The molecule has 0 bridgehead atoms. The van der Waals surface area contributed by atoms with E-state index < -0.39 is 16.9 Å². The van der Waals surface area contributed by atoms with Crippen molar-refractivity contribution >= 4 is 17.3 Å². The third kappa shape index (κ3) is 4.71. The fraction of sp³-hybridized carbons (Fsp3) is 0.500. The van der Waals surface area contributed by atoms with Gasteiger partial charge in [-0.3, -0.25) is 14.9 Å². The number of benzene rings is 1. The molecule has 0 fully saturated rings. The number of hydrogen-bond donors (Lipinski definition) is 3. The minimum atomic E-state index is -0.633. The largest absolute Gasteiger partial charge is 0.398 e. The van der Waals surface area contributed by atoms with Crippen LogP contribution in [0.1, 0.15) is 37.6 Å². The van der Waals surface area contributed by atoms with Crippen LogP contribution in [0.15, 0.2) is 18.2 Å². The number of nitrogen functional groups attached to an aromatic ring is 1. The number of carbonyl (C=O) groups excluding carboxylic acids is 1. The summed E-state index contributed by atoms with van der Waals surface area (Å²) in [4.78, 5) is 22.5. The predicted octanol–water partition coefficient (Wildman–Crippen LogP) is 1.70. The molecular formula is C14H21N3O4. The van der Waals surface area contributed by atoms with Crippen molar-refractivity contribution < 1.29 is 14.8 Å². The van der Waals surface area contributed by atoms with E-state index in [1.165, 1.54) is 18.2 Å². The van der Waals surface area contributed by atoms with Gasteiger partial charge in [0, 0.05) is 12.6 Å². The highest BCUT2D eigenvalue weighted by Crippen LogP contribution is 2.25. The van der Waals surface area contributed by atoms with Crippen molar-refractivity contribution in [1.29, 1.82) is 0 Å². The number of nitrogens with two attached hydrogens (primary N) is 1. The first-order chi connectivity index (χ1) is 9.64. The molecule has 0 aliphatic rings. The molecule has 116 valence electrons. The van der Waals surface area contributed by atoms with Crippen LogP contribution in [0.25, 0.3) is 0 Å². The Labute approximate surface area is 123 Å². The van der Waals surface area contributed by atoms with Crippen molar-refractivity contribution in [3.05, 3.63) is 33.9 Å². The number of anilines is 1. The fourth-order valence-corrected chi connectivity index (χ4v) is 2.24. The number of nitro benzene ring substituents is 1. The Hall–Kier alpha value is -2.15. The summed E-state index contributed by atoms with van der Waals surface area (Å²) in [5.74, 6) is -0.585. The van der Waals surface area contributed by atoms with Gasteiger partial charge in [0.15, 0.2) is 0 Å². The Bertz CT molecular complexity index is 541. The third-order valence-corrected chi connectivity index (χ3v) is 3.07. The van der Waals surface area contributed by atoms with Crippen molar-refractivity contribution in [2.75, 3.05) is 12.3 Å². The molecule has 0 aromatic heterocycles. The number of nitrogens with one attached hydrogen (secondary N) is 1. The summed E-state index contributed by atoms with van der Waals surface area (Å²) in [6.07, 6.45) is 0.00709. The van der Waals surface area contributed by atoms with Gasteiger partial charge in [0.05, 0.1) is 16.7 Å². The lowest BCUT2D eigenvalue weighted by Crippen LogP contribution is -2.36. The molecule has 4 N–H and O–H groups in total. The van der Waals surface area contributed by atoms with Crippen molar-refractivity contribution in [1.82, 2.24) is 5.32 Å². The predicted molar refractivity (Wildman–Crippen MR) is 79.9 cm³/mol. The molecule has 1 amide bonds. The Balaban J connectivity index is 2.88. The van der Waals surface area contributed by atoms with Gasteiger partial charge in [0.25, 0.3) is 11.6 Å². The zero-order valence-electron chi connectivity index (χ0n) is 12.4.